The van der Waals surface area contributed by atoms with E-state index in [1.807, 2.05) is 6.92 Å². The average molecular weight is 222 g/mol. The third kappa shape index (κ3) is 2.88. The van der Waals surface area contributed by atoms with Gasteiger partial charge in [0.25, 0.3) is 0 Å². The molecule has 0 bridgehead atoms. The Labute approximate surface area is 93.2 Å². The minimum Gasteiger partial charge on any atom is -0.507 e. The molecule has 1 aromatic rings. The molecule has 6 heteroatoms. The summed E-state index contributed by atoms with van der Waals surface area (Å²) in [5.74, 6) is 0.603. The second-order valence-electron chi connectivity index (χ2n) is 3.15. The van der Waals surface area contributed by atoms with Crippen molar-refractivity contribution >= 4 is 12.2 Å². The number of aryl methyl sites for hydroxylation is 1. The summed E-state index contributed by atoms with van der Waals surface area (Å²) in [5.41, 5.74) is 11.5. The van der Waals surface area contributed by atoms with Gasteiger partial charge in [0.15, 0.2) is 0 Å². The standard InChI is InChI=1S/C10H14N4O2/c1-6-3-8(15)7(4-9(6)16-2)5-13-14-10(11)12/h3-5,15H,1-2H3,(H4,11,12,14). The van der Waals surface area contributed by atoms with Gasteiger partial charge >= 0.3 is 0 Å². The van der Waals surface area contributed by atoms with E-state index in [9.17, 15) is 5.11 Å². The normalized spacial score (nSPS) is 10.4. The Morgan fingerprint density at radius 2 is 2.12 bits per heavy atom. The summed E-state index contributed by atoms with van der Waals surface area (Å²) in [5, 5.41) is 16.7. The Balaban J connectivity index is 3.05. The van der Waals surface area contributed by atoms with Crippen molar-refractivity contribution in [1.82, 2.24) is 0 Å². The van der Waals surface area contributed by atoms with Gasteiger partial charge in [-0.15, -0.1) is 5.10 Å². The lowest BCUT2D eigenvalue weighted by atomic mass is 10.1. The van der Waals surface area contributed by atoms with Gasteiger partial charge in [0.1, 0.15) is 11.5 Å². The Kier molecular flexibility index (Phi) is 3.71. The highest BCUT2D eigenvalue weighted by atomic mass is 16.5. The molecule has 6 nitrogen and oxygen atoms in total. The number of methoxy groups -OCH3 is 1. The zero-order valence-electron chi connectivity index (χ0n) is 9.14. The highest BCUT2D eigenvalue weighted by molar-refractivity contribution is 5.85. The number of guanidine groups is 1. The topological polar surface area (TPSA) is 106 Å². The summed E-state index contributed by atoms with van der Waals surface area (Å²) in [4.78, 5) is 0. The van der Waals surface area contributed by atoms with Gasteiger partial charge in [0.2, 0.25) is 5.96 Å². The van der Waals surface area contributed by atoms with Crippen LogP contribution in [0, 0.1) is 6.92 Å². The minimum absolute atomic E-state index is 0.0906. The van der Waals surface area contributed by atoms with E-state index < -0.39 is 0 Å². The Hall–Kier alpha value is -2.24. The van der Waals surface area contributed by atoms with Gasteiger partial charge in [-0.3, -0.25) is 0 Å². The number of hydrogen-bond donors (Lipinski definition) is 3. The largest absolute Gasteiger partial charge is 0.507 e. The van der Waals surface area contributed by atoms with E-state index in [-0.39, 0.29) is 11.7 Å². The van der Waals surface area contributed by atoms with Crippen LogP contribution in [-0.2, 0) is 0 Å². The van der Waals surface area contributed by atoms with Crippen molar-refractivity contribution in [1.29, 1.82) is 0 Å². The summed E-state index contributed by atoms with van der Waals surface area (Å²) < 4.78 is 5.11. The molecule has 0 aliphatic rings. The van der Waals surface area contributed by atoms with Gasteiger partial charge in [-0.05, 0) is 24.6 Å². The molecule has 0 saturated heterocycles. The predicted octanol–water partition coefficient (Wildman–Crippen LogP) is 0.317. The number of nitrogens with zero attached hydrogens (tertiary/aromatic N) is 2. The molecule has 0 amide bonds. The van der Waals surface area contributed by atoms with E-state index in [0.717, 1.165) is 5.56 Å². The molecule has 86 valence electrons. The fourth-order valence-electron chi connectivity index (χ4n) is 1.17. The van der Waals surface area contributed by atoms with E-state index in [1.54, 1.807) is 19.2 Å². The maximum Gasteiger partial charge on any atom is 0.211 e. The molecule has 0 aliphatic carbocycles. The summed E-state index contributed by atoms with van der Waals surface area (Å²) in [6, 6.07) is 3.23. The first kappa shape index (κ1) is 11.8. The molecule has 0 aliphatic heterocycles. The predicted molar refractivity (Wildman–Crippen MR) is 62.8 cm³/mol. The van der Waals surface area contributed by atoms with Crippen LogP contribution >= 0.6 is 0 Å². The monoisotopic (exact) mass is 222 g/mol. The van der Waals surface area contributed by atoms with Gasteiger partial charge in [0.05, 0.1) is 13.3 Å². The first-order valence-electron chi connectivity index (χ1n) is 4.54. The van der Waals surface area contributed by atoms with Crippen LogP contribution in [0.15, 0.2) is 22.3 Å². The highest BCUT2D eigenvalue weighted by Gasteiger charge is 2.04. The first-order chi connectivity index (χ1) is 7.54. The molecular formula is C10H14N4O2. The van der Waals surface area contributed by atoms with E-state index in [0.29, 0.717) is 11.3 Å². The second-order valence-corrected chi connectivity index (χ2v) is 3.15. The maximum absolute atomic E-state index is 9.62. The van der Waals surface area contributed by atoms with Gasteiger partial charge in [-0.25, -0.2) is 0 Å². The molecule has 1 rings (SSSR count). The van der Waals surface area contributed by atoms with Gasteiger partial charge in [-0.2, -0.15) is 5.10 Å². The van der Waals surface area contributed by atoms with E-state index in [2.05, 4.69) is 10.2 Å². The lowest BCUT2D eigenvalue weighted by molar-refractivity contribution is 0.409. The summed E-state index contributed by atoms with van der Waals surface area (Å²) in [6.45, 7) is 1.83. The quantitative estimate of drug-likeness (QED) is 0.389. The number of aromatic hydroxyl groups is 1. The zero-order valence-corrected chi connectivity index (χ0v) is 9.14. The number of phenolic OH excluding ortho intramolecular Hbond substituents is 1. The minimum atomic E-state index is -0.144. The summed E-state index contributed by atoms with van der Waals surface area (Å²) >= 11 is 0. The molecule has 5 N–H and O–H groups in total. The van der Waals surface area contributed by atoms with Gasteiger partial charge in [-0.1, -0.05) is 0 Å². The Morgan fingerprint density at radius 3 is 2.69 bits per heavy atom. The third-order valence-electron chi connectivity index (χ3n) is 1.91. The van der Waals surface area contributed by atoms with Crippen molar-refractivity contribution in [3.8, 4) is 11.5 Å². The van der Waals surface area contributed by atoms with Crippen molar-refractivity contribution in [2.75, 3.05) is 7.11 Å². The van der Waals surface area contributed by atoms with Crippen LogP contribution in [0.1, 0.15) is 11.1 Å². The van der Waals surface area contributed by atoms with Crippen LogP contribution in [0.5, 0.6) is 11.5 Å². The average Bonchev–Trinajstić information content (AvgIpc) is 2.20. The number of rotatable bonds is 3. The molecule has 0 radical (unpaired) electrons. The van der Waals surface area contributed by atoms with Crippen LogP contribution in [0.4, 0.5) is 0 Å². The maximum atomic E-state index is 9.62. The van der Waals surface area contributed by atoms with Crippen molar-refractivity contribution in [2.24, 2.45) is 21.7 Å². The molecule has 0 saturated carbocycles. The van der Waals surface area contributed by atoms with Crippen molar-refractivity contribution in [3.63, 3.8) is 0 Å². The number of ether oxygens (including phenoxy) is 1. The number of nitrogens with two attached hydrogens (primary N) is 2. The molecule has 0 fully saturated rings. The Bertz CT molecular complexity index is 437. The SMILES string of the molecule is COc1cc(C=NN=C(N)N)c(O)cc1C. The van der Waals surface area contributed by atoms with Crippen molar-refractivity contribution in [3.05, 3.63) is 23.3 Å². The van der Waals surface area contributed by atoms with Gasteiger partial charge in [0, 0.05) is 5.56 Å². The molecule has 0 unspecified atom stereocenters. The highest BCUT2D eigenvalue weighted by Crippen LogP contribution is 2.26. The molecule has 16 heavy (non-hydrogen) atoms. The molecule has 0 spiro atoms. The number of hydrogen-bond acceptors (Lipinski definition) is 4. The molecule has 1 aromatic carbocycles. The third-order valence-corrected chi connectivity index (χ3v) is 1.91. The van der Waals surface area contributed by atoms with Crippen LogP contribution < -0.4 is 16.2 Å². The van der Waals surface area contributed by atoms with Gasteiger partial charge < -0.3 is 21.3 Å². The lowest BCUT2D eigenvalue weighted by Gasteiger charge is -2.06. The van der Waals surface area contributed by atoms with Crippen molar-refractivity contribution in [2.45, 2.75) is 6.92 Å². The number of phenols is 1. The first-order valence-corrected chi connectivity index (χ1v) is 4.54. The summed E-state index contributed by atoms with van der Waals surface area (Å²) in [7, 11) is 1.55. The smallest absolute Gasteiger partial charge is 0.211 e. The van der Waals surface area contributed by atoms with E-state index >= 15 is 0 Å². The Morgan fingerprint density at radius 1 is 1.44 bits per heavy atom. The summed E-state index contributed by atoms with van der Waals surface area (Å²) in [6.07, 6.45) is 1.34. The molecule has 0 heterocycles. The zero-order chi connectivity index (χ0) is 12.1. The second kappa shape index (κ2) is 5.01. The fraction of sp³-hybridized carbons (Fsp3) is 0.200. The van der Waals surface area contributed by atoms with E-state index in [4.69, 9.17) is 16.2 Å². The van der Waals surface area contributed by atoms with Crippen LogP contribution in [0.25, 0.3) is 0 Å². The van der Waals surface area contributed by atoms with Crippen LogP contribution in [-0.4, -0.2) is 24.4 Å². The number of benzene rings is 1. The van der Waals surface area contributed by atoms with Crippen molar-refractivity contribution < 1.29 is 9.84 Å². The fourth-order valence-corrected chi connectivity index (χ4v) is 1.17. The molecule has 0 aromatic heterocycles. The molecule has 0 atom stereocenters. The van der Waals surface area contributed by atoms with Crippen LogP contribution in [0.2, 0.25) is 0 Å². The molecular weight excluding hydrogens is 208 g/mol. The van der Waals surface area contributed by atoms with Crippen LogP contribution in [0.3, 0.4) is 0 Å². The van der Waals surface area contributed by atoms with E-state index in [1.165, 1.54) is 6.21 Å². The lowest BCUT2D eigenvalue weighted by Crippen LogP contribution is -2.21.